The molecule has 3 aromatic rings. The van der Waals surface area contributed by atoms with Crippen molar-refractivity contribution in [1.29, 1.82) is 0 Å². The summed E-state index contributed by atoms with van der Waals surface area (Å²) in [4.78, 5) is 25.9. The summed E-state index contributed by atoms with van der Waals surface area (Å²) in [6.45, 7) is 0. The van der Waals surface area contributed by atoms with Gasteiger partial charge in [0.25, 0.3) is 11.6 Å². The molecule has 0 atom stereocenters. The van der Waals surface area contributed by atoms with E-state index in [9.17, 15) is 14.9 Å². The number of amides is 1. The number of nitrogens with one attached hydrogen (secondary N) is 1. The number of benzene rings is 1. The van der Waals surface area contributed by atoms with Gasteiger partial charge in [0, 0.05) is 23.9 Å². The lowest BCUT2D eigenvalue weighted by atomic mass is 10.1. The van der Waals surface area contributed by atoms with Crippen LogP contribution in [0, 0.1) is 10.1 Å². The third-order valence-corrected chi connectivity index (χ3v) is 3.24. The van der Waals surface area contributed by atoms with E-state index in [0.717, 1.165) is 0 Å². The average Bonchev–Trinajstić information content (AvgIpc) is 3.11. The number of nitrogens with zero attached hydrogens (tertiary/aromatic N) is 3. The van der Waals surface area contributed by atoms with Gasteiger partial charge in [-0.1, -0.05) is 6.07 Å². The van der Waals surface area contributed by atoms with Crippen LogP contribution in [0.3, 0.4) is 0 Å². The van der Waals surface area contributed by atoms with Crippen LogP contribution in [-0.2, 0) is 0 Å². The van der Waals surface area contributed by atoms with Gasteiger partial charge < -0.3 is 4.42 Å². The number of hydrazone groups is 1. The van der Waals surface area contributed by atoms with E-state index in [1.807, 2.05) is 0 Å². The zero-order valence-electron chi connectivity index (χ0n) is 12.8. The van der Waals surface area contributed by atoms with Gasteiger partial charge in [-0.2, -0.15) is 5.10 Å². The second kappa shape index (κ2) is 7.18. The predicted molar refractivity (Wildman–Crippen MR) is 90.1 cm³/mol. The molecule has 0 aliphatic carbocycles. The first-order valence-corrected chi connectivity index (χ1v) is 7.22. The topological polar surface area (TPSA) is 111 Å². The lowest BCUT2D eigenvalue weighted by Crippen LogP contribution is -2.18. The molecule has 0 saturated carbocycles. The average molecular weight is 336 g/mol. The Morgan fingerprint density at radius 1 is 1.16 bits per heavy atom. The number of nitro groups is 1. The predicted octanol–water partition coefficient (Wildman–Crippen LogP) is 3.01. The lowest BCUT2D eigenvalue weighted by Gasteiger charge is -1.97. The van der Waals surface area contributed by atoms with Crippen molar-refractivity contribution in [2.45, 2.75) is 0 Å². The summed E-state index contributed by atoms with van der Waals surface area (Å²) in [6, 6.07) is 14.4. The van der Waals surface area contributed by atoms with E-state index < -0.39 is 10.8 Å². The Labute approximate surface area is 142 Å². The Morgan fingerprint density at radius 2 is 1.96 bits per heavy atom. The third-order valence-electron chi connectivity index (χ3n) is 3.24. The van der Waals surface area contributed by atoms with Crippen LogP contribution in [0.5, 0.6) is 0 Å². The summed E-state index contributed by atoms with van der Waals surface area (Å²) in [5.41, 5.74) is 3.31. The molecule has 1 aromatic carbocycles. The van der Waals surface area contributed by atoms with Crippen molar-refractivity contribution in [3.05, 3.63) is 82.4 Å². The maximum absolute atomic E-state index is 11.8. The highest BCUT2D eigenvalue weighted by atomic mass is 16.6. The number of hydrogen-bond donors (Lipinski definition) is 1. The fourth-order valence-corrected chi connectivity index (χ4v) is 2.03. The van der Waals surface area contributed by atoms with Crippen LogP contribution < -0.4 is 5.43 Å². The summed E-state index contributed by atoms with van der Waals surface area (Å²) in [6.07, 6.45) is 2.87. The van der Waals surface area contributed by atoms with Crippen molar-refractivity contribution in [1.82, 2.24) is 10.4 Å². The molecule has 0 aliphatic rings. The molecule has 8 nitrogen and oxygen atoms in total. The number of aromatic nitrogens is 1. The molecule has 1 amide bonds. The molecule has 0 saturated heterocycles. The molecule has 0 spiro atoms. The number of carbonyl (C=O) groups excluding carboxylic acids is 1. The number of rotatable bonds is 5. The van der Waals surface area contributed by atoms with Crippen molar-refractivity contribution < 1.29 is 14.1 Å². The van der Waals surface area contributed by atoms with Crippen LogP contribution in [0.25, 0.3) is 11.3 Å². The minimum absolute atomic E-state index is 0.00864. The summed E-state index contributed by atoms with van der Waals surface area (Å²) in [5.74, 6) is 0.529. The molecular formula is C17H12N4O4. The van der Waals surface area contributed by atoms with Gasteiger partial charge in [0.1, 0.15) is 17.2 Å². The van der Waals surface area contributed by atoms with Gasteiger partial charge in [0.15, 0.2) is 0 Å². The molecule has 0 aliphatic heterocycles. The van der Waals surface area contributed by atoms with Crippen molar-refractivity contribution >= 4 is 17.8 Å². The molecule has 0 fully saturated rings. The third kappa shape index (κ3) is 3.94. The van der Waals surface area contributed by atoms with Gasteiger partial charge in [-0.3, -0.25) is 19.9 Å². The summed E-state index contributed by atoms with van der Waals surface area (Å²) < 4.78 is 5.57. The van der Waals surface area contributed by atoms with Gasteiger partial charge in [0.05, 0.1) is 11.1 Å². The molecule has 124 valence electrons. The first-order chi connectivity index (χ1) is 12.1. The monoisotopic (exact) mass is 336 g/mol. The molecule has 0 unspecified atom stereocenters. The number of furan rings is 1. The molecule has 25 heavy (non-hydrogen) atoms. The summed E-state index contributed by atoms with van der Waals surface area (Å²) in [5, 5.41) is 14.5. The second-order valence-electron chi connectivity index (χ2n) is 4.92. The molecule has 2 heterocycles. The first kappa shape index (κ1) is 16.1. The number of non-ortho nitro benzene ring substituents is 1. The van der Waals surface area contributed by atoms with E-state index in [4.69, 9.17) is 4.42 Å². The minimum atomic E-state index is -0.464. The molecule has 8 heteroatoms. The highest BCUT2D eigenvalue weighted by Crippen LogP contribution is 2.23. The number of carbonyl (C=O) groups is 1. The second-order valence-corrected chi connectivity index (χ2v) is 4.92. The Morgan fingerprint density at radius 3 is 2.64 bits per heavy atom. The van der Waals surface area contributed by atoms with E-state index in [2.05, 4.69) is 15.5 Å². The van der Waals surface area contributed by atoms with Crippen LogP contribution in [0.15, 0.2) is 70.3 Å². The largest absolute Gasteiger partial charge is 0.455 e. The van der Waals surface area contributed by atoms with Gasteiger partial charge in [-0.15, -0.1) is 0 Å². The zero-order chi connectivity index (χ0) is 17.6. The van der Waals surface area contributed by atoms with Crippen molar-refractivity contribution in [3.63, 3.8) is 0 Å². The minimum Gasteiger partial charge on any atom is -0.455 e. The maximum atomic E-state index is 11.8. The van der Waals surface area contributed by atoms with Gasteiger partial charge in [-0.05, 0) is 36.4 Å². The number of hydrogen-bond acceptors (Lipinski definition) is 6. The van der Waals surface area contributed by atoms with Crippen LogP contribution >= 0.6 is 0 Å². The number of nitro benzene ring substituents is 1. The number of pyridine rings is 1. The molecule has 0 bridgehead atoms. The van der Waals surface area contributed by atoms with E-state index in [1.54, 1.807) is 42.5 Å². The highest BCUT2D eigenvalue weighted by molar-refractivity contribution is 5.92. The summed E-state index contributed by atoms with van der Waals surface area (Å²) >= 11 is 0. The first-order valence-electron chi connectivity index (χ1n) is 7.22. The highest BCUT2D eigenvalue weighted by Gasteiger charge is 2.08. The molecule has 3 rings (SSSR count). The molecular weight excluding hydrogens is 324 g/mol. The Hall–Kier alpha value is -3.81. The molecule has 2 aromatic heterocycles. The van der Waals surface area contributed by atoms with Crippen molar-refractivity contribution in [2.24, 2.45) is 5.10 Å². The SMILES string of the molecule is O=C(N/N=C\c1ccc(-c2ccc([N+](=O)[O-])cc2)o1)c1ccccn1. The fraction of sp³-hybridized carbons (Fsp3) is 0. The molecule has 1 N–H and O–H groups in total. The Kier molecular flexibility index (Phi) is 4.61. The normalized spacial score (nSPS) is 10.7. The van der Waals surface area contributed by atoms with Crippen molar-refractivity contribution in [3.8, 4) is 11.3 Å². The van der Waals surface area contributed by atoms with Crippen LogP contribution in [-0.4, -0.2) is 22.0 Å². The lowest BCUT2D eigenvalue weighted by molar-refractivity contribution is -0.384. The van der Waals surface area contributed by atoms with Crippen LogP contribution in [0.4, 0.5) is 5.69 Å². The maximum Gasteiger partial charge on any atom is 0.289 e. The van der Waals surface area contributed by atoms with E-state index in [-0.39, 0.29) is 11.4 Å². The van der Waals surface area contributed by atoms with Crippen molar-refractivity contribution in [2.75, 3.05) is 0 Å². The smallest absolute Gasteiger partial charge is 0.289 e. The van der Waals surface area contributed by atoms with Gasteiger partial charge in [-0.25, -0.2) is 5.43 Å². The Balaban J connectivity index is 1.65. The van der Waals surface area contributed by atoms with Gasteiger partial charge in [0.2, 0.25) is 0 Å². The van der Waals surface area contributed by atoms with E-state index in [0.29, 0.717) is 17.1 Å². The van der Waals surface area contributed by atoms with Crippen LogP contribution in [0.2, 0.25) is 0 Å². The zero-order valence-corrected chi connectivity index (χ0v) is 12.8. The van der Waals surface area contributed by atoms with Crippen LogP contribution in [0.1, 0.15) is 16.2 Å². The van der Waals surface area contributed by atoms with E-state index >= 15 is 0 Å². The summed E-state index contributed by atoms with van der Waals surface area (Å²) in [7, 11) is 0. The molecule has 0 radical (unpaired) electrons. The van der Waals surface area contributed by atoms with E-state index in [1.165, 1.54) is 24.5 Å². The standard InChI is InChI=1S/C17H12N4O4/c22-17(15-3-1-2-10-18-15)20-19-11-14-8-9-16(25-14)12-4-6-13(7-5-12)21(23)24/h1-11H,(H,20,22)/b19-11-. The quantitative estimate of drug-likeness (QED) is 0.437. The van der Waals surface area contributed by atoms with Gasteiger partial charge >= 0.3 is 0 Å². The Bertz CT molecular complexity index is 917. The fourth-order valence-electron chi connectivity index (χ4n) is 2.03.